The number of likely N-dealkylation sites (tertiary alicyclic amines) is 1. The number of nitrogens with one attached hydrogen (secondary N) is 2. The Morgan fingerprint density at radius 3 is 2.89 bits per heavy atom. The van der Waals surface area contributed by atoms with E-state index < -0.39 is 6.04 Å². The molecule has 28 heavy (non-hydrogen) atoms. The molecular formula is C21H26N4O3. The van der Waals surface area contributed by atoms with Crippen LogP contribution in [-0.2, 0) is 22.7 Å². The van der Waals surface area contributed by atoms with Gasteiger partial charge in [0, 0.05) is 44.7 Å². The molecular weight excluding hydrogens is 356 g/mol. The van der Waals surface area contributed by atoms with Crippen molar-refractivity contribution < 1.29 is 14.4 Å². The van der Waals surface area contributed by atoms with Crippen LogP contribution in [0.5, 0.6) is 0 Å². The molecule has 4 aliphatic heterocycles. The lowest BCUT2D eigenvalue weighted by atomic mass is 9.83. The highest BCUT2D eigenvalue weighted by atomic mass is 16.2. The van der Waals surface area contributed by atoms with Crippen LogP contribution in [0, 0.1) is 11.3 Å². The molecule has 5 rings (SSSR count). The Balaban J connectivity index is 1.30. The summed E-state index contributed by atoms with van der Waals surface area (Å²) >= 11 is 0. The van der Waals surface area contributed by atoms with E-state index >= 15 is 0 Å². The molecule has 4 heterocycles. The van der Waals surface area contributed by atoms with E-state index in [-0.39, 0.29) is 24.1 Å². The molecule has 0 aliphatic carbocycles. The molecule has 0 aromatic heterocycles. The number of benzene rings is 1. The van der Waals surface area contributed by atoms with Gasteiger partial charge in [-0.15, -0.1) is 0 Å². The van der Waals surface area contributed by atoms with Crippen LogP contribution in [0.3, 0.4) is 0 Å². The Labute approximate surface area is 164 Å². The quantitative estimate of drug-likeness (QED) is 0.744. The van der Waals surface area contributed by atoms with Crippen molar-refractivity contribution in [3.63, 3.8) is 0 Å². The number of nitrogens with zero attached hydrogens (tertiary/aromatic N) is 2. The Morgan fingerprint density at radius 2 is 2.11 bits per heavy atom. The summed E-state index contributed by atoms with van der Waals surface area (Å²) in [7, 11) is 0. The molecule has 1 aromatic carbocycles. The largest absolute Gasteiger partial charge is 0.322 e. The summed E-state index contributed by atoms with van der Waals surface area (Å²) in [5.74, 6) is -0.00748. The molecule has 148 valence electrons. The first-order valence-electron chi connectivity index (χ1n) is 10.1. The minimum atomic E-state index is -0.550. The molecule has 4 aliphatic rings. The summed E-state index contributed by atoms with van der Waals surface area (Å²) in [6.45, 7) is 8.12. The predicted molar refractivity (Wildman–Crippen MR) is 102 cm³/mol. The van der Waals surface area contributed by atoms with Crippen LogP contribution in [0.1, 0.15) is 41.3 Å². The van der Waals surface area contributed by atoms with Crippen LogP contribution in [0.2, 0.25) is 0 Å². The average molecular weight is 382 g/mol. The highest BCUT2D eigenvalue weighted by Crippen LogP contribution is 2.39. The van der Waals surface area contributed by atoms with Crippen LogP contribution < -0.4 is 10.6 Å². The van der Waals surface area contributed by atoms with E-state index in [9.17, 15) is 14.4 Å². The number of carbonyl (C=O) groups excluding carboxylic acids is 3. The van der Waals surface area contributed by atoms with Crippen LogP contribution in [0.25, 0.3) is 0 Å². The van der Waals surface area contributed by atoms with Gasteiger partial charge < -0.3 is 10.2 Å². The van der Waals surface area contributed by atoms with E-state index in [4.69, 9.17) is 0 Å². The van der Waals surface area contributed by atoms with Crippen molar-refractivity contribution >= 4 is 17.7 Å². The van der Waals surface area contributed by atoms with E-state index in [0.29, 0.717) is 29.9 Å². The van der Waals surface area contributed by atoms with E-state index in [0.717, 1.165) is 38.3 Å². The lowest BCUT2D eigenvalue weighted by Crippen LogP contribution is -2.52. The Kier molecular flexibility index (Phi) is 4.07. The van der Waals surface area contributed by atoms with Gasteiger partial charge in [-0.25, -0.2) is 0 Å². The third-order valence-corrected chi connectivity index (χ3v) is 6.96. The molecule has 0 saturated carbocycles. The fourth-order valence-electron chi connectivity index (χ4n) is 5.38. The van der Waals surface area contributed by atoms with Gasteiger partial charge in [0.05, 0.1) is 0 Å². The van der Waals surface area contributed by atoms with Crippen LogP contribution in [0.4, 0.5) is 0 Å². The van der Waals surface area contributed by atoms with Crippen LogP contribution in [-0.4, -0.2) is 59.7 Å². The highest BCUT2D eigenvalue weighted by Gasteiger charge is 2.46. The molecule has 0 radical (unpaired) electrons. The Hall–Kier alpha value is -2.25. The highest BCUT2D eigenvalue weighted by molar-refractivity contribution is 6.05. The Bertz CT molecular complexity index is 869. The second kappa shape index (κ2) is 6.39. The summed E-state index contributed by atoms with van der Waals surface area (Å²) in [6, 6.07) is 5.51. The van der Waals surface area contributed by atoms with Crippen molar-refractivity contribution in [3.8, 4) is 0 Å². The Morgan fingerprint density at radius 1 is 1.25 bits per heavy atom. The minimum absolute atomic E-state index is 0.106. The van der Waals surface area contributed by atoms with Crippen molar-refractivity contribution in [2.45, 2.75) is 38.9 Å². The number of imide groups is 1. The molecule has 0 spiro atoms. The predicted octanol–water partition coefficient (Wildman–Crippen LogP) is 0.489. The molecule has 3 atom stereocenters. The third kappa shape index (κ3) is 2.84. The number of rotatable bonds is 3. The minimum Gasteiger partial charge on any atom is -0.322 e. The lowest BCUT2D eigenvalue weighted by Gasteiger charge is -2.29. The molecule has 1 aromatic rings. The van der Waals surface area contributed by atoms with Crippen LogP contribution >= 0.6 is 0 Å². The first-order valence-corrected chi connectivity index (χ1v) is 10.1. The standard InChI is InChI=1S/C21H26N4O3/c1-21-11-22-7-15(21)10-24(12-21)8-13-2-3-16-14(6-13)9-25(20(16)28)17-4-5-18(26)23-19(17)27/h2-3,6,15,17,22H,4-5,7-12H2,1H3,(H,23,26,27). The van der Waals surface area contributed by atoms with Gasteiger partial charge in [-0.3, -0.25) is 24.6 Å². The van der Waals surface area contributed by atoms with Crippen molar-refractivity contribution in [1.82, 2.24) is 20.4 Å². The topological polar surface area (TPSA) is 81.8 Å². The molecule has 2 N–H and O–H groups in total. The van der Waals surface area contributed by atoms with Gasteiger partial charge in [0.25, 0.3) is 5.91 Å². The zero-order valence-corrected chi connectivity index (χ0v) is 16.2. The zero-order valence-electron chi connectivity index (χ0n) is 16.2. The first-order chi connectivity index (χ1) is 13.4. The molecule has 3 fully saturated rings. The third-order valence-electron chi connectivity index (χ3n) is 6.96. The van der Waals surface area contributed by atoms with Gasteiger partial charge in [0.2, 0.25) is 11.8 Å². The maximum atomic E-state index is 12.8. The second-order valence-corrected chi connectivity index (χ2v) is 9.04. The molecule has 0 bridgehead atoms. The van der Waals surface area contributed by atoms with Gasteiger partial charge in [0.15, 0.2) is 0 Å². The number of hydrogen-bond acceptors (Lipinski definition) is 5. The molecule has 7 heteroatoms. The first kappa shape index (κ1) is 17.8. The summed E-state index contributed by atoms with van der Waals surface area (Å²) in [6.07, 6.45) is 0.685. The number of hydrogen-bond donors (Lipinski definition) is 2. The number of fused-ring (bicyclic) bond motifs is 2. The average Bonchev–Trinajstić information content (AvgIpc) is 3.24. The van der Waals surface area contributed by atoms with E-state index in [1.165, 1.54) is 5.56 Å². The van der Waals surface area contributed by atoms with Gasteiger partial charge in [-0.2, -0.15) is 0 Å². The molecule has 3 amide bonds. The summed E-state index contributed by atoms with van der Waals surface area (Å²) < 4.78 is 0. The van der Waals surface area contributed by atoms with Crippen molar-refractivity contribution in [2.75, 3.05) is 26.2 Å². The lowest BCUT2D eigenvalue weighted by molar-refractivity contribution is -0.136. The normalized spacial score (nSPS) is 32.6. The van der Waals surface area contributed by atoms with E-state index in [2.05, 4.69) is 28.5 Å². The zero-order chi connectivity index (χ0) is 19.5. The SMILES string of the molecule is CC12CNCC1CN(Cc1ccc3c(c1)CN(C1CCC(=O)NC1=O)C3=O)C2. The number of carbonyl (C=O) groups is 3. The van der Waals surface area contributed by atoms with Crippen molar-refractivity contribution in [2.24, 2.45) is 11.3 Å². The maximum Gasteiger partial charge on any atom is 0.255 e. The molecule has 3 saturated heterocycles. The molecule has 3 unspecified atom stereocenters. The fourth-order valence-corrected chi connectivity index (χ4v) is 5.38. The van der Waals surface area contributed by atoms with Crippen molar-refractivity contribution in [1.29, 1.82) is 0 Å². The van der Waals surface area contributed by atoms with Gasteiger partial charge >= 0.3 is 0 Å². The monoisotopic (exact) mass is 382 g/mol. The van der Waals surface area contributed by atoms with Gasteiger partial charge in [-0.05, 0) is 41.5 Å². The van der Waals surface area contributed by atoms with Gasteiger partial charge in [0.1, 0.15) is 6.04 Å². The van der Waals surface area contributed by atoms with E-state index in [1.54, 1.807) is 4.90 Å². The number of piperidine rings is 1. The van der Waals surface area contributed by atoms with Crippen LogP contribution in [0.15, 0.2) is 18.2 Å². The molecule has 7 nitrogen and oxygen atoms in total. The van der Waals surface area contributed by atoms with Gasteiger partial charge in [-0.1, -0.05) is 19.1 Å². The van der Waals surface area contributed by atoms with E-state index in [1.807, 2.05) is 12.1 Å². The number of amides is 3. The second-order valence-electron chi connectivity index (χ2n) is 9.04. The summed E-state index contributed by atoms with van der Waals surface area (Å²) in [5.41, 5.74) is 3.26. The fraction of sp³-hybridized carbons (Fsp3) is 0.571. The smallest absolute Gasteiger partial charge is 0.255 e. The maximum absolute atomic E-state index is 12.8. The summed E-state index contributed by atoms with van der Waals surface area (Å²) in [5, 5.41) is 5.86. The van der Waals surface area contributed by atoms with Crippen molar-refractivity contribution in [3.05, 3.63) is 34.9 Å². The summed E-state index contributed by atoms with van der Waals surface area (Å²) in [4.78, 5) is 40.5.